The lowest BCUT2D eigenvalue weighted by molar-refractivity contribution is -0.135. The molecule has 2 heterocycles. The molecule has 6 nitrogen and oxygen atoms in total. The molecule has 2 aliphatic rings. The summed E-state index contributed by atoms with van der Waals surface area (Å²) < 4.78 is 28.2. The molecule has 0 aromatic carbocycles. The number of morpholine rings is 1. The van der Waals surface area contributed by atoms with E-state index in [2.05, 4.69) is 5.32 Å². The van der Waals surface area contributed by atoms with Crippen molar-refractivity contribution >= 4 is 15.7 Å². The molecular weight excluding hydrogens is 256 g/mol. The third-order valence-electron chi connectivity index (χ3n) is 3.56. The van der Waals surface area contributed by atoms with Crippen molar-refractivity contribution in [3.8, 4) is 0 Å². The van der Waals surface area contributed by atoms with Gasteiger partial charge in [0.1, 0.15) is 0 Å². The normalized spacial score (nSPS) is 31.2. The Labute approximate surface area is 108 Å². The molecule has 2 unspecified atom stereocenters. The molecule has 0 bridgehead atoms. The third-order valence-corrected chi connectivity index (χ3v) is 5.31. The molecule has 0 aromatic rings. The van der Waals surface area contributed by atoms with Crippen molar-refractivity contribution < 1.29 is 17.9 Å². The van der Waals surface area contributed by atoms with Crippen molar-refractivity contribution in [1.82, 2.24) is 10.2 Å². The molecule has 2 saturated heterocycles. The summed E-state index contributed by atoms with van der Waals surface area (Å²) in [4.78, 5) is 13.6. The summed E-state index contributed by atoms with van der Waals surface area (Å²) in [5, 5.41) is 3.17. The van der Waals surface area contributed by atoms with Gasteiger partial charge in [-0.3, -0.25) is 4.79 Å². The molecule has 0 spiro atoms. The van der Waals surface area contributed by atoms with Crippen molar-refractivity contribution in [1.29, 1.82) is 0 Å². The smallest absolute Gasteiger partial charge is 0.225 e. The van der Waals surface area contributed by atoms with Gasteiger partial charge >= 0.3 is 0 Å². The van der Waals surface area contributed by atoms with Gasteiger partial charge in [-0.05, 0) is 6.42 Å². The number of hydrogen-bond donors (Lipinski definition) is 1. The first-order chi connectivity index (χ1) is 8.48. The zero-order chi connectivity index (χ0) is 13.2. The minimum absolute atomic E-state index is 0.0363. The van der Waals surface area contributed by atoms with E-state index in [-0.39, 0.29) is 29.6 Å². The van der Waals surface area contributed by atoms with Gasteiger partial charge in [-0.15, -0.1) is 0 Å². The van der Waals surface area contributed by atoms with E-state index >= 15 is 0 Å². The summed E-state index contributed by atoms with van der Waals surface area (Å²) in [7, 11) is -1.26. The van der Waals surface area contributed by atoms with Gasteiger partial charge in [-0.2, -0.15) is 0 Å². The molecule has 1 amide bonds. The van der Waals surface area contributed by atoms with E-state index in [0.717, 1.165) is 6.54 Å². The first-order valence-corrected chi connectivity index (χ1v) is 8.08. The maximum absolute atomic E-state index is 12.0. The quantitative estimate of drug-likeness (QED) is 0.716. The third kappa shape index (κ3) is 3.43. The molecule has 2 rings (SSSR count). The first kappa shape index (κ1) is 13.8. The summed E-state index contributed by atoms with van der Waals surface area (Å²) in [5.41, 5.74) is 0. The molecule has 0 saturated carbocycles. The standard InChI is InChI=1S/C11H20N2O4S/c1-13(9-2-5-18(15,16)8-9)11(14)6-10-7-12-3-4-17-10/h9-10,12H,2-8H2,1H3. The molecule has 18 heavy (non-hydrogen) atoms. The van der Waals surface area contributed by atoms with Crippen molar-refractivity contribution in [2.24, 2.45) is 0 Å². The molecular formula is C11H20N2O4S. The van der Waals surface area contributed by atoms with Gasteiger partial charge in [0.05, 0.1) is 30.6 Å². The second-order valence-electron chi connectivity index (χ2n) is 4.96. The fourth-order valence-electron chi connectivity index (χ4n) is 2.37. The van der Waals surface area contributed by atoms with Crippen molar-refractivity contribution in [2.45, 2.75) is 25.0 Å². The minimum atomic E-state index is -2.94. The highest BCUT2D eigenvalue weighted by atomic mass is 32.2. The van der Waals surface area contributed by atoms with Gasteiger partial charge in [0.2, 0.25) is 5.91 Å². The monoisotopic (exact) mass is 276 g/mol. The van der Waals surface area contributed by atoms with Gasteiger partial charge < -0.3 is 15.0 Å². The lowest BCUT2D eigenvalue weighted by Crippen LogP contribution is -2.44. The first-order valence-electron chi connectivity index (χ1n) is 6.26. The van der Waals surface area contributed by atoms with Crippen LogP contribution in [0.1, 0.15) is 12.8 Å². The number of ether oxygens (including phenoxy) is 1. The molecule has 0 radical (unpaired) electrons. The summed E-state index contributed by atoms with van der Waals surface area (Å²) in [5.74, 6) is 0.251. The maximum atomic E-state index is 12.0. The van der Waals surface area contributed by atoms with Gasteiger partial charge in [-0.25, -0.2) is 8.42 Å². The Kier molecular flexibility index (Phi) is 4.24. The highest BCUT2D eigenvalue weighted by Crippen LogP contribution is 2.18. The molecule has 1 N–H and O–H groups in total. The van der Waals surface area contributed by atoms with Crippen LogP contribution in [0.3, 0.4) is 0 Å². The van der Waals surface area contributed by atoms with E-state index in [9.17, 15) is 13.2 Å². The topological polar surface area (TPSA) is 75.7 Å². The van der Waals surface area contributed by atoms with E-state index in [1.54, 1.807) is 11.9 Å². The van der Waals surface area contributed by atoms with E-state index < -0.39 is 9.84 Å². The Morgan fingerprint density at radius 1 is 1.50 bits per heavy atom. The van der Waals surface area contributed by atoms with Crippen molar-refractivity contribution in [2.75, 3.05) is 38.2 Å². The minimum Gasteiger partial charge on any atom is -0.375 e. The van der Waals surface area contributed by atoms with Crippen LogP contribution < -0.4 is 5.32 Å². The maximum Gasteiger partial charge on any atom is 0.225 e. The predicted molar refractivity (Wildman–Crippen MR) is 67.1 cm³/mol. The number of carbonyl (C=O) groups excluding carboxylic acids is 1. The van der Waals surface area contributed by atoms with Crippen molar-refractivity contribution in [3.05, 3.63) is 0 Å². The van der Waals surface area contributed by atoms with E-state index in [1.165, 1.54) is 0 Å². The summed E-state index contributed by atoms with van der Waals surface area (Å²) in [6.07, 6.45) is 0.778. The molecule has 0 aliphatic carbocycles. The molecule has 7 heteroatoms. The Morgan fingerprint density at radius 3 is 2.83 bits per heavy atom. The van der Waals surface area contributed by atoms with E-state index in [4.69, 9.17) is 4.74 Å². The second kappa shape index (κ2) is 5.54. The molecule has 2 fully saturated rings. The average molecular weight is 276 g/mol. The van der Waals surface area contributed by atoms with Crippen LogP contribution in [0.4, 0.5) is 0 Å². The second-order valence-corrected chi connectivity index (χ2v) is 7.19. The van der Waals surface area contributed by atoms with Gasteiger partial charge in [0.15, 0.2) is 9.84 Å². The van der Waals surface area contributed by atoms with E-state index in [1.807, 2.05) is 0 Å². The molecule has 0 aromatic heterocycles. The van der Waals surface area contributed by atoms with Crippen LogP contribution >= 0.6 is 0 Å². The Bertz CT molecular complexity index is 403. The number of nitrogens with zero attached hydrogens (tertiary/aromatic N) is 1. The Morgan fingerprint density at radius 2 is 2.28 bits per heavy atom. The lowest BCUT2D eigenvalue weighted by Gasteiger charge is -2.28. The summed E-state index contributed by atoms with van der Waals surface area (Å²) in [6.45, 7) is 2.13. The van der Waals surface area contributed by atoms with Crippen LogP contribution in [0, 0.1) is 0 Å². The highest BCUT2D eigenvalue weighted by molar-refractivity contribution is 7.91. The SMILES string of the molecule is CN(C(=O)CC1CNCCO1)C1CCS(=O)(=O)C1. The van der Waals surface area contributed by atoms with Crippen LogP contribution in [-0.4, -0.2) is 69.6 Å². The molecule has 104 valence electrons. The van der Waals surface area contributed by atoms with Crippen LogP contribution in [0.15, 0.2) is 0 Å². The van der Waals surface area contributed by atoms with Crippen LogP contribution in [-0.2, 0) is 19.4 Å². The lowest BCUT2D eigenvalue weighted by atomic mass is 10.1. The van der Waals surface area contributed by atoms with Crippen LogP contribution in [0.5, 0.6) is 0 Å². The van der Waals surface area contributed by atoms with E-state index in [0.29, 0.717) is 26.0 Å². The largest absolute Gasteiger partial charge is 0.375 e. The summed E-state index contributed by atoms with van der Waals surface area (Å²) >= 11 is 0. The zero-order valence-corrected chi connectivity index (χ0v) is 11.4. The number of carbonyl (C=O) groups is 1. The average Bonchev–Trinajstić information content (AvgIpc) is 2.70. The fourth-order valence-corrected chi connectivity index (χ4v) is 4.15. The van der Waals surface area contributed by atoms with Crippen LogP contribution in [0.25, 0.3) is 0 Å². The van der Waals surface area contributed by atoms with Gasteiger partial charge in [-0.1, -0.05) is 0 Å². The molecule has 2 atom stereocenters. The number of hydrogen-bond acceptors (Lipinski definition) is 5. The number of sulfone groups is 1. The fraction of sp³-hybridized carbons (Fsp3) is 0.909. The highest BCUT2D eigenvalue weighted by Gasteiger charge is 2.33. The number of amides is 1. The summed E-state index contributed by atoms with van der Waals surface area (Å²) in [6, 6.07) is -0.168. The zero-order valence-electron chi connectivity index (χ0n) is 10.6. The van der Waals surface area contributed by atoms with Gasteiger partial charge in [0.25, 0.3) is 0 Å². The number of rotatable bonds is 3. The Balaban J connectivity index is 1.85. The number of nitrogens with one attached hydrogen (secondary N) is 1. The predicted octanol–water partition coefficient (Wildman–Crippen LogP) is -0.990. The van der Waals surface area contributed by atoms with Crippen LogP contribution in [0.2, 0.25) is 0 Å². The molecule has 2 aliphatic heterocycles. The van der Waals surface area contributed by atoms with Gasteiger partial charge in [0, 0.05) is 26.2 Å². The Hall–Kier alpha value is -0.660. The van der Waals surface area contributed by atoms with Crippen molar-refractivity contribution in [3.63, 3.8) is 0 Å².